The van der Waals surface area contributed by atoms with E-state index < -0.39 is 0 Å². The molecule has 0 saturated carbocycles. The van der Waals surface area contributed by atoms with Gasteiger partial charge in [-0.15, -0.1) is 0 Å². The molecular weight excluding hydrogens is 248 g/mol. The second kappa shape index (κ2) is 6.01. The fraction of sp³-hybridized carbons (Fsp3) is 0.429. The van der Waals surface area contributed by atoms with Crippen LogP contribution in [0.4, 0.5) is 0 Å². The number of allylic oxidation sites excluding steroid dienone is 1. The van der Waals surface area contributed by atoms with Crippen LogP contribution in [0.15, 0.2) is 30.6 Å². The van der Waals surface area contributed by atoms with Crippen molar-refractivity contribution in [1.82, 2.24) is 9.88 Å². The number of hydrogen-bond donors (Lipinski definition) is 0. The van der Waals surface area contributed by atoms with Crippen molar-refractivity contribution in [2.24, 2.45) is 5.92 Å². The zero-order chi connectivity index (χ0) is 13.0. The molecular formula is C14H17ClN2O. The van der Waals surface area contributed by atoms with Crippen LogP contribution in [0.2, 0.25) is 5.02 Å². The number of ketones is 1. The fourth-order valence-electron chi connectivity index (χ4n) is 2.16. The summed E-state index contributed by atoms with van der Waals surface area (Å²) in [6.45, 7) is 4.28. The van der Waals surface area contributed by atoms with E-state index in [1.54, 1.807) is 24.4 Å². The van der Waals surface area contributed by atoms with Gasteiger partial charge in [0.05, 0.1) is 0 Å². The summed E-state index contributed by atoms with van der Waals surface area (Å²) in [6, 6.07) is 3.25. The number of hydrogen-bond acceptors (Lipinski definition) is 3. The summed E-state index contributed by atoms with van der Waals surface area (Å²) in [4.78, 5) is 18.1. The molecule has 1 aromatic heterocycles. The Morgan fingerprint density at radius 2 is 2.44 bits per heavy atom. The maximum Gasteiger partial charge on any atom is 0.205 e. The van der Waals surface area contributed by atoms with Crippen LogP contribution in [0, 0.1) is 5.92 Å². The highest BCUT2D eigenvalue weighted by molar-refractivity contribution is 6.30. The highest BCUT2D eigenvalue weighted by atomic mass is 35.5. The molecule has 2 rings (SSSR count). The van der Waals surface area contributed by atoms with Crippen molar-refractivity contribution in [1.29, 1.82) is 0 Å². The summed E-state index contributed by atoms with van der Waals surface area (Å²) in [5.74, 6) is 0.596. The van der Waals surface area contributed by atoms with E-state index in [0.717, 1.165) is 13.1 Å². The maximum atomic E-state index is 11.9. The van der Waals surface area contributed by atoms with Crippen molar-refractivity contribution in [2.45, 2.75) is 19.8 Å². The van der Waals surface area contributed by atoms with Crippen LogP contribution in [0.25, 0.3) is 0 Å². The van der Waals surface area contributed by atoms with Gasteiger partial charge in [-0.25, -0.2) is 0 Å². The van der Waals surface area contributed by atoms with Crippen LogP contribution in [-0.2, 0) is 0 Å². The summed E-state index contributed by atoms with van der Waals surface area (Å²) >= 11 is 5.83. The molecule has 0 bridgehead atoms. The summed E-state index contributed by atoms with van der Waals surface area (Å²) < 4.78 is 0. The minimum atomic E-state index is -0.101. The summed E-state index contributed by atoms with van der Waals surface area (Å²) in [5, 5.41) is 0.536. The standard InChI is InChI=1S/C14H17ClN2O/c1-11-3-2-7-17(10-11)8-5-14(18)13-9-12(15)4-6-16-13/h4-6,8-9,11H,2-3,7,10H2,1H3/b8-5+. The lowest BCUT2D eigenvalue weighted by molar-refractivity contribution is 0.104. The monoisotopic (exact) mass is 264 g/mol. The number of carbonyl (C=O) groups excluding carboxylic acids is 1. The van der Waals surface area contributed by atoms with Gasteiger partial charge in [0, 0.05) is 36.6 Å². The Labute approximate surface area is 112 Å². The molecule has 1 aliphatic rings. The largest absolute Gasteiger partial charge is 0.377 e. The number of nitrogens with zero attached hydrogens (tertiary/aromatic N) is 2. The molecule has 1 atom stereocenters. The topological polar surface area (TPSA) is 33.2 Å². The van der Waals surface area contributed by atoms with E-state index in [9.17, 15) is 4.79 Å². The second-order valence-corrected chi connectivity index (χ2v) is 5.22. The summed E-state index contributed by atoms with van der Waals surface area (Å²) in [7, 11) is 0. The molecule has 0 radical (unpaired) electrons. The van der Waals surface area contributed by atoms with Gasteiger partial charge in [0.25, 0.3) is 0 Å². The highest BCUT2D eigenvalue weighted by Gasteiger charge is 2.13. The van der Waals surface area contributed by atoms with Crippen molar-refractivity contribution < 1.29 is 4.79 Å². The van der Waals surface area contributed by atoms with Crippen LogP contribution >= 0.6 is 11.6 Å². The number of pyridine rings is 1. The van der Waals surface area contributed by atoms with Gasteiger partial charge >= 0.3 is 0 Å². The zero-order valence-corrected chi connectivity index (χ0v) is 11.2. The zero-order valence-electron chi connectivity index (χ0n) is 10.5. The van der Waals surface area contributed by atoms with Gasteiger partial charge in [0.2, 0.25) is 5.78 Å². The third-order valence-corrected chi connectivity index (χ3v) is 3.33. The van der Waals surface area contributed by atoms with E-state index in [2.05, 4.69) is 16.8 Å². The van der Waals surface area contributed by atoms with Gasteiger partial charge in [-0.05, 0) is 30.9 Å². The summed E-state index contributed by atoms with van der Waals surface area (Å²) in [6.07, 6.45) is 7.47. The molecule has 1 saturated heterocycles. The quantitative estimate of drug-likeness (QED) is 0.621. The van der Waals surface area contributed by atoms with Gasteiger partial charge in [-0.1, -0.05) is 18.5 Å². The Bertz CT molecular complexity index is 459. The molecule has 0 amide bonds. The van der Waals surface area contributed by atoms with Crippen molar-refractivity contribution in [3.63, 3.8) is 0 Å². The van der Waals surface area contributed by atoms with Crippen molar-refractivity contribution in [3.05, 3.63) is 41.3 Å². The number of piperidine rings is 1. The van der Waals surface area contributed by atoms with E-state index in [-0.39, 0.29) is 5.78 Å². The smallest absolute Gasteiger partial charge is 0.205 e. The van der Waals surface area contributed by atoms with Crippen LogP contribution in [0.3, 0.4) is 0 Å². The Morgan fingerprint density at radius 1 is 1.61 bits per heavy atom. The molecule has 0 N–H and O–H groups in total. The normalized spacial score (nSPS) is 20.3. The number of aromatic nitrogens is 1. The Balaban J connectivity index is 1.98. The summed E-state index contributed by atoms with van der Waals surface area (Å²) in [5.41, 5.74) is 0.392. The highest BCUT2D eigenvalue weighted by Crippen LogP contribution is 2.15. The molecule has 0 aromatic carbocycles. The molecule has 96 valence electrons. The predicted octanol–water partition coefficient (Wildman–Crippen LogP) is 3.16. The molecule has 1 aliphatic heterocycles. The van der Waals surface area contributed by atoms with E-state index in [1.165, 1.54) is 12.8 Å². The first-order chi connectivity index (χ1) is 8.65. The Hall–Kier alpha value is -1.35. The second-order valence-electron chi connectivity index (χ2n) is 4.78. The van der Waals surface area contributed by atoms with Gasteiger partial charge < -0.3 is 4.90 Å². The molecule has 18 heavy (non-hydrogen) atoms. The average molecular weight is 265 g/mol. The number of rotatable bonds is 3. The predicted molar refractivity (Wildman–Crippen MR) is 72.7 cm³/mol. The van der Waals surface area contributed by atoms with Crippen molar-refractivity contribution in [3.8, 4) is 0 Å². The first-order valence-corrected chi connectivity index (χ1v) is 6.61. The lowest BCUT2D eigenvalue weighted by Gasteiger charge is -2.29. The molecule has 1 fully saturated rings. The lowest BCUT2D eigenvalue weighted by Crippen LogP contribution is -2.30. The Kier molecular flexibility index (Phi) is 4.37. The number of halogens is 1. The van der Waals surface area contributed by atoms with E-state index in [0.29, 0.717) is 16.6 Å². The van der Waals surface area contributed by atoms with Gasteiger partial charge in [0.15, 0.2) is 0 Å². The van der Waals surface area contributed by atoms with Crippen LogP contribution < -0.4 is 0 Å². The minimum absolute atomic E-state index is 0.101. The molecule has 4 heteroatoms. The average Bonchev–Trinajstić information content (AvgIpc) is 2.36. The molecule has 0 aliphatic carbocycles. The van der Waals surface area contributed by atoms with Gasteiger partial charge in [0.1, 0.15) is 5.69 Å². The maximum absolute atomic E-state index is 11.9. The SMILES string of the molecule is CC1CCCN(/C=C/C(=O)c2cc(Cl)ccn2)C1. The third kappa shape index (κ3) is 3.57. The first kappa shape index (κ1) is 13.1. The minimum Gasteiger partial charge on any atom is -0.377 e. The fourth-order valence-corrected chi connectivity index (χ4v) is 2.32. The molecule has 3 nitrogen and oxygen atoms in total. The van der Waals surface area contributed by atoms with Gasteiger partial charge in [-0.2, -0.15) is 0 Å². The molecule has 0 spiro atoms. The van der Waals surface area contributed by atoms with E-state index in [1.807, 2.05) is 6.20 Å². The van der Waals surface area contributed by atoms with Crippen molar-refractivity contribution in [2.75, 3.05) is 13.1 Å². The third-order valence-electron chi connectivity index (χ3n) is 3.10. The van der Waals surface area contributed by atoms with Crippen LogP contribution in [0.5, 0.6) is 0 Å². The molecule has 1 unspecified atom stereocenters. The van der Waals surface area contributed by atoms with Crippen LogP contribution in [0.1, 0.15) is 30.3 Å². The van der Waals surface area contributed by atoms with Crippen molar-refractivity contribution >= 4 is 17.4 Å². The first-order valence-electron chi connectivity index (χ1n) is 6.23. The lowest BCUT2D eigenvalue weighted by atomic mass is 10.0. The molecule has 2 heterocycles. The number of carbonyl (C=O) groups is 1. The Morgan fingerprint density at radius 3 is 3.17 bits per heavy atom. The van der Waals surface area contributed by atoms with E-state index in [4.69, 9.17) is 11.6 Å². The van der Waals surface area contributed by atoms with Gasteiger partial charge in [-0.3, -0.25) is 9.78 Å². The van der Waals surface area contributed by atoms with E-state index >= 15 is 0 Å². The van der Waals surface area contributed by atoms with Crippen LogP contribution in [-0.4, -0.2) is 28.8 Å². The number of likely N-dealkylation sites (tertiary alicyclic amines) is 1. The molecule has 1 aromatic rings.